The first-order chi connectivity index (χ1) is 23.3. The topological polar surface area (TPSA) is 137 Å². The van der Waals surface area contributed by atoms with Crippen LogP contribution in [0.2, 0.25) is 0 Å². The van der Waals surface area contributed by atoms with E-state index in [9.17, 15) is 19.2 Å². The lowest BCUT2D eigenvalue weighted by Gasteiger charge is -2.27. The van der Waals surface area contributed by atoms with Crippen LogP contribution in [-0.2, 0) is 28.7 Å². The molecule has 13 heteroatoms. The maximum absolute atomic E-state index is 12.9. The van der Waals surface area contributed by atoms with Gasteiger partial charge in [0.1, 0.15) is 41.8 Å². The van der Waals surface area contributed by atoms with Gasteiger partial charge in [0.15, 0.2) is 0 Å². The molecule has 2 unspecified atom stereocenters. The largest absolute Gasteiger partial charge is 1.00 e. The SMILES string of the molecule is CCOC(=O)CNC(=O)C(CSSCCCC[P+](c1ccccc1)(c1ccccc1)c1ccccc1)NC(=O)CCC(N)C(=O)OCC.[Br-]. The van der Waals surface area contributed by atoms with Gasteiger partial charge in [0.25, 0.3) is 0 Å². The molecule has 9 nitrogen and oxygen atoms in total. The van der Waals surface area contributed by atoms with E-state index in [4.69, 9.17) is 15.2 Å². The molecule has 3 rings (SSSR count). The summed E-state index contributed by atoms with van der Waals surface area (Å²) in [5, 5.41) is 9.37. The Bertz CT molecular complexity index is 1330. The van der Waals surface area contributed by atoms with Crippen molar-refractivity contribution in [2.75, 3.05) is 37.4 Å². The van der Waals surface area contributed by atoms with Crippen LogP contribution in [0.3, 0.4) is 0 Å². The number of hydrogen-bond acceptors (Lipinski definition) is 9. The van der Waals surface area contributed by atoms with Gasteiger partial charge in [-0.15, -0.1) is 0 Å². The first kappa shape index (κ1) is 42.3. The second-order valence-corrected chi connectivity index (χ2v) is 17.1. The number of ether oxygens (including phenoxy) is 2. The molecule has 3 aromatic carbocycles. The molecule has 0 bridgehead atoms. The Balaban J connectivity index is 0.00000833. The number of benzene rings is 3. The fraction of sp³-hybridized carbons (Fsp3) is 0.389. The molecular weight excluding hydrogens is 745 g/mol. The van der Waals surface area contributed by atoms with E-state index in [1.165, 1.54) is 26.7 Å². The van der Waals surface area contributed by atoms with Crippen molar-refractivity contribution in [1.82, 2.24) is 10.6 Å². The zero-order chi connectivity index (χ0) is 34.6. The van der Waals surface area contributed by atoms with E-state index in [0.29, 0.717) is 5.75 Å². The lowest BCUT2D eigenvalue weighted by molar-refractivity contribution is -0.145. The summed E-state index contributed by atoms with van der Waals surface area (Å²) in [6.45, 7) is 3.48. The normalized spacial score (nSPS) is 12.1. The molecule has 0 radical (unpaired) electrons. The summed E-state index contributed by atoms with van der Waals surface area (Å²) < 4.78 is 9.80. The first-order valence-electron chi connectivity index (χ1n) is 16.3. The molecule has 49 heavy (non-hydrogen) atoms. The average molecular weight is 793 g/mol. The molecule has 0 aromatic heterocycles. The number of halogens is 1. The van der Waals surface area contributed by atoms with Crippen LogP contribution in [0, 0.1) is 0 Å². The maximum Gasteiger partial charge on any atom is 0.325 e. The van der Waals surface area contributed by atoms with Crippen molar-refractivity contribution in [2.24, 2.45) is 5.73 Å². The van der Waals surface area contributed by atoms with Gasteiger partial charge < -0.3 is 42.8 Å². The Kier molecular flexibility index (Phi) is 20.3. The zero-order valence-electron chi connectivity index (χ0n) is 28.1. The molecule has 0 fully saturated rings. The van der Waals surface area contributed by atoms with Crippen LogP contribution in [0.5, 0.6) is 0 Å². The first-order valence-corrected chi connectivity index (χ1v) is 20.7. The highest BCUT2D eigenvalue weighted by molar-refractivity contribution is 8.76. The molecular formula is C36H47BrN3O6PS2. The second kappa shape index (κ2) is 23.5. The number of hydrogen-bond donors (Lipinski definition) is 3. The molecule has 0 saturated heterocycles. The Morgan fingerprint density at radius 1 is 0.776 bits per heavy atom. The van der Waals surface area contributed by atoms with Gasteiger partial charge in [-0.05, 0) is 69.5 Å². The number of nitrogens with two attached hydrogens (primary N) is 1. The van der Waals surface area contributed by atoms with Crippen LogP contribution in [0.15, 0.2) is 91.0 Å². The summed E-state index contributed by atoms with van der Waals surface area (Å²) in [5.74, 6) is -0.871. The highest BCUT2D eigenvalue weighted by Crippen LogP contribution is 2.56. The van der Waals surface area contributed by atoms with Crippen LogP contribution in [0.4, 0.5) is 0 Å². The third kappa shape index (κ3) is 13.7. The number of esters is 2. The van der Waals surface area contributed by atoms with Crippen LogP contribution in [-0.4, -0.2) is 73.3 Å². The number of carbonyl (C=O) groups excluding carboxylic acids is 4. The fourth-order valence-corrected chi connectivity index (χ4v) is 11.9. The Morgan fingerprint density at radius 2 is 1.31 bits per heavy atom. The molecule has 266 valence electrons. The standard InChI is InChI=1S/C36H46N3O6PS2.BrH/c1-3-44-34(41)26-38-35(42)32(39-33(40)23-22-31(37)36(43)45-4-2)27-48-47-25-15-14-24-46(28-16-8-5-9-17-28,29-18-10-6-11-19-29)30-20-12-7-13-21-30;/h5-13,16-21,31-32H,3-4,14-15,22-27,37H2,1-2H3,(H-,38,39,40,42);1H. The summed E-state index contributed by atoms with van der Waals surface area (Å²) in [4.78, 5) is 49.3. The molecule has 0 saturated carbocycles. The summed E-state index contributed by atoms with van der Waals surface area (Å²) in [5.41, 5.74) is 5.82. The molecule has 2 atom stereocenters. The zero-order valence-corrected chi connectivity index (χ0v) is 32.2. The summed E-state index contributed by atoms with van der Waals surface area (Å²) in [7, 11) is 1.25. The quantitative estimate of drug-likeness (QED) is 0.0625. The molecule has 0 aliphatic heterocycles. The van der Waals surface area contributed by atoms with Gasteiger partial charge in [0.05, 0.1) is 19.4 Å². The second-order valence-electron chi connectivity index (χ2n) is 10.9. The molecule has 0 aliphatic rings. The van der Waals surface area contributed by atoms with Gasteiger partial charge in [0.2, 0.25) is 11.8 Å². The van der Waals surface area contributed by atoms with Crippen LogP contribution >= 0.6 is 28.9 Å². The van der Waals surface area contributed by atoms with Crippen molar-refractivity contribution in [1.29, 1.82) is 0 Å². The monoisotopic (exact) mass is 791 g/mol. The van der Waals surface area contributed by atoms with Crippen molar-refractivity contribution in [3.63, 3.8) is 0 Å². The van der Waals surface area contributed by atoms with E-state index in [-0.39, 0.29) is 49.6 Å². The molecule has 2 amide bonds. The minimum Gasteiger partial charge on any atom is -1.00 e. The van der Waals surface area contributed by atoms with Gasteiger partial charge in [-0.3, -0.25) is 19.2 Å². The van der Waals surface area contributed by atoms with Crippen LogP contribution < -0.4 is 49.3 Å². The molecule has 0 spiro atoms. The third-order valence-corrected chi connectivity index (χ3v) is 14.5. The maximum atomic E-state index is 12.9. The van der Waals surface area contributed by atoms with E-state index < -0.39 is 43.1 Å². The van der Waals surface area contributed by atoms with Crippen molar-refractivity contribution in [3.8, 4) is 0 Å². The summed E-state index contributed by atoms with van der Waals surface area (Å²) in [6.07, 6.45) is 3.06. The smallest absolute Gasteiger partial charge is 0.325 e. The highest BCUT2D eigenvalue weighted by atomic mass is 79.9. The Hall–Kier alpha value is -2.89. The predicted molar refractivity (Wildman–Crippen MR) is 200 cm³/mol. The molecule has 0 aliphatic carbocycles. The number of amides is 2. The number of carbonyl (C=O) groups is 4. The summed E-state index contributed by atoms with van der Waals surface area (Å²) in [6, 6.07) is 30.6. The molecule has 0 heterocycles. The minimum absolute atomic E-state index is 0. The van der Waals surface area contributed by atoms with Gasteiger partial charge >= 0.3 is 11.9 Å². The minimum atomic E-state index is -1.89. The Morgan fingerprint density at radius 3 is 1.82 bits per heavy atom. The summed E-state index contributed by atoms with van der Waals surface area (Å²) >= 11 is 0. The van der Waals surface area contributed by atoms with Crippen molar-refractivity contribution >= 4 is 68.5 Å². The van der Waals surface area contributed by atoms with Gasteiger partial charge in [-0.1, -0.05) is 76.2 Å². The van der Waals surface area contributed by atoms with Crippen LogP contribution in [0.25, 0.3) is 0 Å². The Labute approximate surface area is 309 Å². The van der Waals surface area contributed by atoms with Crippen LogP contribution in [0.1, 0.15) is 39.5 Å². The number of rotatable bonds is 21. The highest BCUT2D eigenvalue weighted by Gasteiger charge is 2.44. The van der Waals surface area contributed by atoms with Crippen molar-refractivity contribution in [2.45, 2.75) is 51.6 Å². The fourth-order valence-electron chi connectivity index (χ4n) is 5.16. The predicted octanol–water partition coefficient (Wildman–Crippen LogP) is 0.981. The molecule has 4 N–H and O–H groups in total. The third-order valence-electron chi connectivity index (χ3n) is 7.52. The van der Waals surface area contributed by atoms with E-state index in [1.54, 1.807) is 24.6 Å². The van der Waals surface area contributed by atoms with E-state index >= 15 is 0 Å². The number of unbranched alkanes of at least 4 members (excludes halogenated alkanes) is 1. The van der Waals surface area contributed by atoms with Crippen molar-refractivity contribution < 1.29 is 45.6 Å². The van der Waals surface area contributed by atoms with Gasteiger partial charge in [-0.2, -0.15) is 0 Å². The lowest BCUT2D eigenvalue weighted by Crippen LogP contribution is -3.00. The van der Waals surface area contributed by atoms with Gasteiger partial charge in [-0.25, -0.2) is 0 Å². The average Bonchev–Trinajstić information content (AvgIpc) is 3.11. The van der Waals surface area contributed by atoms with E-state index in [2.05, 4.69) is 102 Å². The van der Waals surface area contributed by atoms with E-state index in [1.807, 2.05) is 0 Å². The lowest BCUT2D eigenvalue weighted by atomic mass is 10.1. The van der Waals surface area contributed by atoms with Crippen molar-refractivity contribution in [3.05, 3.63) is 91.0 Å². The van der Waals surface area contributed by atoms with Gasteiger partial charge in [0, 0.05) is 17.9 Å². The molecule has 3 aromatic rings. The van der Waals surface area contributed by atoms with E-state index in [0.717, 1.165) is 24.8 Å². The number of nitrogens with one attached hydrogen (secondary N) is 2.